The molecule has 5 heterocycles. The predicted molar refractivity (Wildman–Crippen MR) is 122 cm³/mol. The number of hydrogen-bond donors (Lipinski definition) is 3. The summed E-state index contributed by atoms with van der Waals surface area (Å²) in [6.07, 6.45) is 3.87. The molecular weight excluding hydrogens is 405 g/mol. The number of fused-ring (bicyclic) bond motifs is 2. The number of imidazole rings is 1. The van der Waals surface area contributed by atoms with Gasteiger partial charge in [0.1, 0.15) is 16.9 Å². The number of nitrogens with one attached hydrogen (secondary N) is 3. The standard InChI is InChI=1S/C24H22FN7/c1-13-10-15(12-16(25)11-13)20-21-18(6-9-27-20)29-24(30-21)23-22-19(31-32-23)3-2-17(28-22)14-4-7-26-8-5-14/h2-3,6,9-12,14,26H,4-5,7-8H2,1H3,(H,29,30)(H,31,32). The van der Waals surface area contributed by atoms with Crippen LogP contribution in [0.15, 0.2) is 42.6 Å². The van der Waals surface area contributed by atoms with Gasteiger partial charge < -0.3 is 10.3 Å². The van der Waals surface area contributed by atoms with Crippen molar-refractivity contribution in [1.82, 2.24) is 35.5 Å². The topological polar surface area (TPSA) is 95.2 Å². The van der Waals surface area contributed by atoms with Crippen LogP contribution in [0.2, 0.25) is 0 Å². The van der Waals surface area contributed by atoms with Crippen molar-refractivity contribution < 1.29 is 4.39 Å². The van der Waals surface area contributed by atoms with Gasteiger partial charge in [-0.3, -0.25) is 10.1 Å². The number of benzene rings is 1. The maximum atomic E-state index is 14.0. The van der Waals surface area contributed by atoms with Gasteiger partial charge in [0.15, 0.2) is 11.5 Å². The van der Waals surface area contributed by atoms with E-state index in [-0.39, 0.29) is 5.82 Å². The zero-order valence-electron chi connectivity index (χ0n) is 17.6. The molecule has 32 heavy (non-hydrogen) atoms. The van der Waals surface area contributed by atoms with Crippen LogP contribution in [-0.4, -0.2) is 43.2 Å². The highest BCUT2D eigenvalue weighted by Crippen LogP contribution is 2.32. The monoisotopic (exact) mass is 427 g/mol. The van der Waals surface area contributed by atoms with Crippen molar-refractivity contribution >= 4 is 22.1 Å². The Kier molecular flexibility index (Phi) is 4.46. The number of aromatic nitrogens is 6. The molecule has 0 bridgehead atoms. The van der Waals surface area contributed by atoms with Crippen LogP contribution in [0.25, 0.3) is 44.8 Å². The Hall–Kier alpha value is -3.65. The zero-order valence-corrected chi connectivity index (χ0v) is 17.6. The van der Waals surface area contributed by atoms with Crippen LogP contribution in [0.3, 0.4) is 0 Å². The van der Waals surface area contributed by atoms with E-state index in [1.165, 1.54) is 12.1 Å². The summed E-state index contributed by atoms with van der Waals surface area (Å²) < 4.78 is 14.0. The first-order chi connectivity index (χ1) is 15.7. The second-order valence-electron chi connectivity index (χ2n) is 8.39. The molecule has 8 heteroatoms. The zero-order chi connectivity index (χ0) is 21.7. The quantitative estimate of drug-likeness (QED) is 0.395. The average molecular weight is 427 g/mol. The van der Waals surface area contributed by atoms with Gasteiger partial charge in [-0.25, -0.2) is 14.4 Å². The Morgan fingerprint density at radius 2 is 1.78 bits per heavy atom. The van der Waals surface area contributed by atoms with Gasteiger partial charge in [-0.15, -0.1) is 0 Å². The highest BCUT2D eigenvalue weighted by atomic mass is 19.1. The van der Waals surface area contributed by atoms with E-state index in [9.17, 15) is 4.39 Å². The number of halogens is 1. The predicted octanol–water partition coefficient (Wildman–Crippen LogP) is 4.48. The molecule has 0 saturated carbocycles. The minimum absolute atomic E-state index is 0.289. The number of H-pyrrole nitrogens is 2. The van der Waals surface area contributed by atoms with Crippen molar-refractivity contribution in [2.24, 2.45) is 0 Å². The lowest BCUT2D eigenvalue weighted by Crippen LogP contribution is -2.27. The summed E-state index contributed by atoms with van der Waals surface area (Å²) in [5.74, 6) is 0.775. The van der Waals surface area contributed by atoms with Crippen molar-refractivity contribution in [1.29, 1.82) is 0 Å². The van der Waals surface area contributed by atoms with E-state index in [2.05, 4.69) is 31.5 Å². The molecule has 0 amide bonds. The lowest BCUT2D eigenvalue weighted by atomic mass is 9.94. The first kappa shape index (κ1) is 19.1. The largest absolute Gasteiger partial charge is 0.336 e. The number of pyridine rings is 2. The van der Waals surface area contributed by atoms with Crippen molar-refractivity contribution in [2.45, 2.75) is 25.7 Å². The lowest BCUT2D eigenvalue weighted by molar-refractivity contribution is 0.454. The third-order valence-corrected chi connectivity index (χ3v) is 6.13. The van der Waals surface area contributed by atoms with Crippen molar-refractivity contribution in [3.63, 3.8) is 0 Å². The molecule has 0 spiro atoms. The molecule has 6 rings (SSSR count). The van der Waals surface area contributed by atoms with Gasteiger partial charge >= 0.3 is 0 Å². The number of hydrogen-bond acceptors (Lipinski definition) is 5. The summed E-state index contributed by atoms with van der Waals surface area (Å²) in [5.41, 5.74) is 7.11. The summed E-state index contributed by atoms with van der Waals surface area (Å²) >= 11 is 0. The summed E-state index contributed by atoms with van der Waals surface area (Å²) in [6, 6.07) is 10.9. The molecule has 1 saturated heterocycles. The number of piperidine rings is 1. The molecule has 4 aromatic heterocycles. The molecule has 0 unspecified atom stereocenters. The Morgan fingerprint density at radius 3 is 2.62 bits per heavy atom. The van der Waals surface area contributed by atoms with E-state index in [1.807, 2.05) is 25.1 Å². The fraction of sp³-hybridized carbons (Fsp3) is 0.250. The minimum atomic E-state index is -0.289. The Labute approximate surface area is 183 Å². The highest BCUT2D eigenvalue weighted by molar-refractivity contribution is 5.94. The van der Waals surface area contributed by atoms with Crippen LogP contribution in [0, 0.1) is 12.7 Å². The molecular formula is C24H22FN7. The van der Waals surface area contributed by atoms with Gasteiger partial charge in [-0.1, -0.05) is 0 Å². The molecule has 0 atom stereocenters. The van der Waals surface area contributed by atoms with E-state index in [0.29, 0.717) is 34.2 Å². The summed E-state index contributed by atoms with van der Waals surface area (Å²) in [4.78, 5) is 17.6. The van der Waals surface area contributed by atoms with Crippen LogP contribution in [-0.2, 0) is 0 Å². The van der Waals surface area contributed by atoms with Gasteiger partial charge in [-0.2, -0.15) is 5.10 Å². The Balaban J connectivity index is 1.47. The fourth-order valence-corrected chi connectivity index (χ4v) is 4.56. The van der Waals surface area contributed by atoms with Crippen LogP contribution in [0.4, 0.5) is 4.39 Å². The molecule has 1 fully saturated rings. The van der Waals surface area contributed by atoms with E-state index in [4.69, 9.17) is 9.97 Å². The molecule has 160 valence electrons. The normalized spacial score (nSPS) is 15.1. The number of aromatic amines is 2. The van der Waals surface area contributed by atoms with E-state index < -0.39 is 0 Å². The summed E-state index contributed by atoms with van der Waals surface area (Å²) in [7, 11) is 0. The lowest BCUT2D eigenvalue weighted by Gasteiger charge is -2.22. The highest BCUT2D eigenvalue weighted by Gasteiger charge is 2.20. The van der Waals surface area contributed by atoms with Crippen molar-refractivity contribution in [3.8, 4) is 22.8 Å². The Bertz CT molecular complexity index is 1430. The van der Waals surface area contributed by atoms with Crippen LogP contribution >= 0.6 is 0 Å². The van der Waals surface area contributed by atoms with Gasteiger partial charge in [0.05, 0.1) is 16.7 Å². The fourth-order valence-electron chi connectivity index (χ4n) is 4.56. The van der Waals surface area contributed by atoms with E-state index in [0.717, 1.165) is 53.7 Å². The van der Waals surface area contributed by atoms with Crippen LogP contribution in [0.1, 0.15) is 30.0 Å². The molecule has 1 aliphatic heterocycles. The van der Waals surface area contributed by atoms with Gasteiger partial charge in [0.2, 0.25) is 0 Å². The minimum Gasteiger partial charge on any atom is -0.336 e. The van der Waals surface area contributed by atoms with Gasteiger partial charge in [0, 0.05) is 23.4 Å². The first-order valence-electron chi connectivity index (χ1n) is 10.8. The molecule has 7 nitrogen and oxygen atoms in total. The molecule has 0 radical (unpaired) electrons. The van der Waals surface area contributed by atoms with Crippen LogP contribution < -0.4 is 5.32 Å². The van der Waals surface area contributed by atoms with E-state index in [1.54, 1.807) is 6.20 Å². The number of rotatable bonds is 3. The van der Waals surface area contributed by atoms with Gasteiger partial charge in [0.25, 0.3) is 0 Å². The maximum absolute atomic E-state index is 14.0. The van der Waals surface area contributed by atoms with Crippen molar-refractivity contribution in [2.75, 3.05) is 13.1 Å². The molecule has 3 N–H and O–H groups in total. The molecule has 1 aliphatic rings. The smallest absolute Gasteiger partial charge is 0.161 e. The molecule has 0 aliphatic carbocycles. The first-order valence-corrected chi connectivity index (χ1v) is 10.8. The number of nitrogens with zero attached hydrogens (tertiary/aromatic N) is 4. The number of aryl methyl sites for hydroxylation is 1. The second-order valence-corrected chi connectivity index (χ2v) is 8.39. The second kappa shape index (κ2) is 7.49. The van der Waals surface area contributed by atoms with Crippen LogP contribution in [0.5, 0.6) is 0 Å². The average Bonchev–Trinajstić information content (AvgIpc) is 3.42. The van der Waals surface area contributed by atoms with E-state index >= 15 is 0 Å². The third kappa shape index (κ3) is 3.23. The van der Waals surface area contributed by atoms with Crippen molar-refractivity contribution in [3.05, 3.63) is 59.7 Å². The summed E-state index contributed by atoms with van der Waals surface area (Å²) in [5, 5.41) is 11.0. The SMILES string of the molecule is Cc1cc(F)cc(-c2nccc3[nH]c(-c4n[nH]c5ccc(C6CCNCC6)nc45)nc23)c1. The van der Waals surface area contributed by atoms with Gasteiger partial charge in [-0.05, 0) is 74.8 Å². The Morgan fingerprint density at radius 1 is 0.938 bits per heavy atom. The molecule has 5 aromatic rings. The third-order valence-electron chi connectivity index (χ3n) is 6.13. The maximum Gasteiger partial charge on any atom is 0.161 e. The molecule has 1 aromatic carbocycles. The summed E-state index contributed by atoms with van der Waals surface area (Å²) in [6.45, 7) is 3.90.